The van der Waals surface area contributed by atoms with Crippen LogP contribution in [0.4, 0.5) is 0 Å². The molecule has 0 unspecified atom stereocenters. The summed E-state index contributed by atoms with van der Waals surface area (Å²) >= 11 is 0. The Labute approximate surface area is 256 Å². The van der Waals surface area contributed by atoms with Gasteiger partial charge in [-0.2, -0.15) is 0 Å². The molecule has 0 spiro atoms. The molecule has 1 aliphatic carbocycles. The molecule has 208 valence electrons. The molecule has 2 heteroatoms. The van der Waals surface area contributed by atoms with Crippen molar-refractivity contribution in [1.29, 1.82) is 0 Å². The summed E-state index contributed by atoms with van der Waals surface area (Å²) in [6.07, 6.45) is 6.78. The molecule has 8 aromatic rings. The van der Waals surface area contributed by atoms with Crippen LogP contribution >= 0.6 is 0 Å². The number of para-hydroxylation sites is 1. The van der Waals surface area contributed by atoms with Crippen LogP contribution in [0, 0.1) is 0 Å². The van der Waals surface area contributed by atoms with E-state index in [2.05, 4.69) is 167 Å². The van der Waals surface area contributed by atoms with Gasteiger partial charge in [0.15, 0.2) is 0 Å². The zero-order chi connectivity index (χ0) is 29.0. The van der Waals surface area contributed by atoms with E-state index in [1.165, 1.54) is 71.9 Å². The van der Waals surface area contributed by atoms with E-state index in [-0.39, 0.29) is 0 Å². The molecule has 2 aromatic heterocycles. The van der Waals surface area contributed by atoms with Crippen LogP contribution in [0.25, 0.3) is 72.4 Å². The van der Waals surface area contributed by atoms with Crippen LogP contribution in [0.1, 0.15) is 17.7 Å². The first-order valence-corrected chi connectivity index (χ1v) is 15.4. The van der Waals surface area contributed by atoms with Crippen molar-refractivity contribution in [3.05, 3.63) is 163 Å². The van der Waals surface area contributed by atoms with E-state index in [1.54, 1.807) is 0 Å². The predicted molar refractivity (Wildman–Crippen MR) is 186 cm³/mol. The first-order valence-electron chi connectivity index (χ1n) is 15.4. The minimum Gasteiger partial charge on any atom is -0.309 e. The topological polar surface area (TPSA) is 9.86 Å². The fourth-order valence-corrected chi connectivity index (χ4v) is 7.15. The van der Waals surface area contributed by atoms with Gasteiger partial charge in [-0.3, -0.25) is 0 Å². The van der Waals surface area contributed by atoms with E-state index in [1.807, 2.05) is 0 Å². The molecule has 9 rings (SSSR count). The molecule has 0 saturated carbocycles. The van der Waals surface area contributed by atoms with Crippen LogP contribution in [-0.2, 0) is 6.42 Å². The number of benzene rings is 6. The third-order valence-corrected chi connectivity index (χ3v) is 9.18. The van der Waals surface area contributed by atoms with Gasteiger partial charge in [0, 0.05) is 33.2 Å². The molecule has 0 N–H and O–H groups in total. The maximum Gasteiger partial charge on any atom is 0.0547 e. The molecular weight excluding hydrogens is 532 g/mol. The van der Waals surface area contributed by atoms with Gasteiger partial charge in [-0.05, 0) is 83.1 Å². The average molecular weight is 563 g/mol. The maximum absolute atomic E-state index is 2.47. The molecule has 0 atom stereocenters. The Bertz CT molecular complexity index is 2370. The Hall–Kier alpha value is -5.60. The monoisotopic (exact) mass is 562 g/mol. The molecule has 2 heterocycles. The molecule has 0 fully saturated rings. The van der Waals surface area contributed by atoms with Crippen LogP contribution in [0.3, 0.4) is 0 Å². The van der Waals surface area contributed by atoms with Crippen molar-refractivity contribution in [2.75, 3.05) is 0 Å². The molecule has 0 radical (unpaired) electrons. The fourth-order valence-electron chi connectivity index (χ4n) is 7.15. The molecule has 2 nitrogen and oxygen atoms in total. The highest BCUT2D eigenvalue weighted by Gasteiger charge is 2.20. The van der Waals surface area contributed by atoms with Crippen molar-refractivity contribution >= 4 is 38.8 Å². The highest BCUT2D eigenvalue weighted by Crippen LogP contribution is 2.38. The first kappa shape index (κ1) is 24.9. The summed E-state index contributed by atoms with van der Waals surface area (Å²) in [7, 11) is 0. The van der Waals surface area contributed by atoms with Gasteiger partial charge in [-0.25, -0.2) is 0 Å². The molecular formula is C42H30N2. The van der Waals surface area contributed by atoms with E-state index < -0.39 is 0 Å². The number of fused-ring (bicyclic) bond motifs is 6. The molecule has 0 bridgehead atoms. The summed E-state index contributed by atoms with van der Waals surface area (Å²) in [4.78, 5) is 0. The smallest absolute Gasteiger partial charge is 0.0547 e. The van der Waals surface area contributed by atoms with Gasteiger partial charge in [-0.1, -0.05) is 115 Å². The third-order valence-electron chi connectivity index (χ3n) is 9.18. The van der Waals surface area contributed by atoms with Gasteiger partial charge in [0.2, 0.25) is 0 Å². The summed E-state index contributed by atoms with van der Waals surface area (Å²) in [5, 5.41) is 3.88. The Kier molecular flexibility index (Phi) is 5.67. The zero-order valence-corrected chi connectivity index (χ0v) is 24.3. The van der Waals surface area contributed by atoms with E-state index in [0.717, 1.165) is 18.5 Å². The van der Waals surface area contributed by atoms with Crippen molar-refractivity contribution < 1.29 is 0 Å². The van der Waals surface area contributed by atoms with Crippen molar-refractivity contribution in [2.24, 2.45) is 0 Å². The van der Waals surface area contributed by atoms with E-state index >= 15 is 0 Å². The highest BCUT2D eigenvalue weighted by atomic mass is 15.0. The summed E-state index contributed by atoms with van der Waals surface area (Å²) in [6, 6.07) is 53.1. The largest absolute Gasteiger partial charge is 0.309 e. The standard InChI is InChI=1S/C42H30N2/c1-3-12-29(13-4-1)31-22-24-37-35-18-7-9-20-39(35)43(41(37)26-31)33-16-11-17-34(28-33)44-40-21-10-8-19-36(40)38-25-23-32(27-42(38)44)30-14-5-2-6-15-30/h1-7,9-18,20-28H,8,19H2. The van der Waals surface area contributed by atoms with Gasteiger partial charge in [-0.15, -0.1) is 0 Å². The molecule has 1 aliphatic rings. The summed E-state index contributed by atoms with van der Waals surface area (Å²) in [6.45, 7) is 0. The minimum atomic E-state index is 1.06. The second-order valence-corrected chi connectivity index (χ2v) is 11.7. The number of nitrogens with zero attached hydrogens (tertiary/aromatic N) is 2. The summed E-state index contributed by atoms with van der Waals surface area (Å²) in [5.74, 6) is 0. The third kappa shape index (κ3) is 3.88. The number of allylic oxidation sites excluding steroid dienone is 1. The Morgan fingerprint density at radius 1 is 0.409 bits per heavy atom. The molecule has 44 heavy (non-hydrogen) atoms. The van der Waals surface area contributed by atoms with Crippen LogP contribution in [0.15, 0.2) is 152 Å². The highest BCUT2D eigenvalue weighted by molar-refractivity contribution is 6.10. The van der Waals surface area contributed by atoms with Crippen molar-refractivity contribution in [3.8, 4) is 33.6 Å². The predicted octanol–water partition coefficient (Wildman–Crippen LogP) is 11.0. The second-order valence-electron chi connectivity index (χ2n) is 11.7. The van der Waals surface area contributed by atoms with E-state index in [0.29, 0.717) is 0 Å². The lowest BCUT2D eigenvalue weighted by molar-refractivity contribution is 0.966. The summed E-state index contributed by atoms with van der Waals surface area (Å²) < 4.78 is 4.91. The number of hydrogen-bond donors (Lipinski definition) is 0. The normalized spacial score (nSPS) is 12.7. The van der Waals surface area contributed by atoms with E-state index in [4.69, 9.17) is 0 Å². The first-order chi connectivity index (χ1) is 21.8. The van der Waals surface area contributed by atoms with Crippen LogP contribution in [0.5, 0.6) is 0 Å². The molecule has 0 aliphatic heterocycles. The van der Waals surface area contributed by atoms with Crippen molar-refractivity contribution in [2.45, 2.75) is 12.8 Å². The van der Waals surface area contributed by atoms with Gasteiger partial charge in [0.1, 0.15) is 0 Å². The van der Waals surface area contributed by atoms with Gasteiger partial charge in [0.25, 0.3) is 0 Å². The van der Waals surface area contributed by atoms with Crippen LogP contribution in [-0.4, -0.2) is 9.13 Å². The summed E-state index contributed by atoms with van der Waals surface area (Å²) in [5.41, 5.74) is 13.7. The maximum atomic E-state index is 2.47. The minimum absolute atomic E-state index is 1.06. The number of aryl methyl sites for hydroxylation is 1. The molecule has 6 aromatic carbocycles. The number of rotatable bonds is 4. The van der Waals surface area contributed by atoms with Crippen molar-refractivity contribution in [1.82, 2.24) is 9.13 Å². The van der Waals surface area contributed by atoms with E-state index in [9.17, 15) is 0 Å². The number of hydrogen-bond acceptors (Lipinski definition) is 0. The number of aromatic nitrogens is 2. The van der Waals surface area contributed by atoms with Crippen LogP contribution < -0.4 is 0 Å². The lowest BCUT2D eigenvalue weighted by atomic mass is 9.99. The van der Waals surface area contributed by atoms with Gasteiger partial charge in [0.05, 0.1) is 16.6 Å². The second kappa shape index (κ2) is 10.00. The Balaban J connectivity index is 1.28. The van der Waals surface area contributed by atoms with Gasteiger partial charge < -0.3 is 9.13 Å². The van der Waals surface area contributed by atoms with Crippen molar-refractivity contribution in [3.63, 3.8) is 0 Å². The quantitative estimate of drug-likeness (QED) is 0.202. The van der Waals surface area contributed by atoms with Crippen LogP contribution in [0.2, 0.25) is 0 Å². The SMILES string of the molecule is C1=Cc2c(c3ccc(-c4ccccc4)cc3n2-c2cccc(-n3c4ccccc4c4ccc(-c5ccccc5)cc43)c2)CC1. The lowest BCUT2D eigenvalue weighted by Crippen LogP contribution is -2.02. The molecule has 0 saturated heterocycles. The Morgan fingerprint density at radius 2 is 1.00 bits per heavy atom. The van der Waals surface area contributed by atoms with Gasteiger partial charge >= 0.3 is 0 Å². The fraction of sp³-hybridized carbons (Fsp3) is 0.0476. The Morgan fingerprint density at radius 3 is 1.73 bits per heavy atom. The zero-order valence-electron chi connectivity index (χ0n) is 24.3. The molecule has 0 amide bonds. The average Bonchev–Trinajstić information content (AvgIpc) is 3.61. The lowest BCUT2D eigenvalue weighted by Gasteiger charge is -2.15.